The lowest BCUT2D eigenvalue weighted by molar-refractivity contribution is -0.117. The second kappa shape index (κ2) is 9.83. The number of rotatable bonds is 8. The number of phenolic OH excluding ortho intramolecular Hbond substituents is 1. The highest BCUT2D eigenvalue weighted by Gasteiger charge is 2.12. The number of nitrogens with one attached hydrogen (secondary N) is 1. The van der Waals surface area contributed by atoms with Crippen LogP contribution < -0.4 is 10.1 Å². The summed E-state index contributed by atoms with van der Waals surface area (Å²) in [5.74, 6) is -0.131. The van der Waals surface area contributed by atoms with Crippen molar-refractivity contribution in [3.8, 4) is 17.6 Å². The number of aromatic hydroxyl groups is 1. The average Bonchev–Trinajstić information content (AvgIpc) is 2.69. The number of phenols is 1. The Hall–Kier alpha value is -3.52. The van der Waals surface area contributed by atoms with Gasteiger partial charge in [-0.2, -0.15) is 5.26 Å². The number of carbonyl (C=O) groups is 1. The van der Waals surface area contributed by atoms with E-state index in [0.29, 0.717) is 30.5 Å². The predicted molar refractivity (Wildman–Crippen MR) is 105 cm³/mol. The van der Waals surface area contributed by atoms with Crippen LogP contribution in [0.1, 0.15) is 16.7 Å². The molecule has 0 fully saturated rings. The van der Waals surface area contributed by atoms with Crippen molar-refractivity contribution >= 4 is 12.0 Å². The predicted octanol–water partition coefficient (Wildman–Crippen LogP) is 3.40. The molecule has 5 heteroatoms. The average molecular weight is 362 g/mol. The minimum Gasteiger partial charge on any atom is -0.504 e. The highest BCUT2D eigenvalue weighted by molar-refractivity contribution is 6.01. The summed E-state index contributed by atoms with van der Waals surface area (Å²) in [5, 5.41) is 22.2. The number of nitrogens with zero attached hydrogens (tertiary/aromatic N) is 1. The first-order valence-corrected chi connectivity index (χ1v) is 8.53. The van der Waals surface area contributed by atoms with Gasteiger partial charge in [-0.15, -0.1) is 6.58 Å². The van der Waals surface area contributed by atoms with E-state index in [4.69, 9.17) is 4.74 Å². The van der Waals surface area contributed by atoms with E-state index >= 15 is 0 Å². The molecule has 2 N–H and O–H groups in total. The van der Waals surface area contributed by atoms with Gasteiger partial charge in [0.1, 0.15) is 11.6 Å². The summed E-state index contributed by atoms with van der Waals surface area (Å²) in [6.07, 6.45) is 4.26. The SMILES string of the molecule is C=CCc1cc(/C=C(\C#N)C(=O)NCCc2ccccc2)cc(OC)c1O. The molecule has 138 valence electrons. The first kappa shape index (κ1) is 19.8. The summed E-state index contributed by atoms with van der Waals surface area (Å²) in [6.45, 7) is 4.10. The number of benzene rings is 2. The van der Waals surface area contributed by atoms with Crippen molar-refractivity contribution in [1.29, 1.82) is 5.26 Å². The molecule has 0 heterocycles. The molecule has 0 unspecified atom stereocenters. The Kier molecular flexibility index (Phi) is 7.21. The molecule has 0 aliphatic carbocycles. The second-order valence-electron chi connectivity index (χ2n) is 5.89. The maximum absolute atomic E-state index is 12.3. The minimum absolute atomic E-state index is 0.0136. The molecule has 2 aromatic carbocycles. The highest BCUT2D eigenvalue weighted by Crippen LogP contribution is 2.32. The van der Waals surface area contributed by atoms with Gasteiger partial charge in [-0.05, 0) is 42.2 Å². The Morgan fingerprint density at radius 1 is 1.33 bits per heavy atom. The molecular weight excluding hydrogens is 340 g/mol. The third-order valence-electron chi connectivity index (χ3n) is 3.98. The zero-order valence-electron chi connectivity index (χ0n) is 15.2. The van der Waals surface area contributed by atoms with Crippen LogP contribution in [0.3, 0.4) is 0 Å². The molecule has 0 radical (unpaired) electrons. The largest absolute Gasteiger partial charge is 0.504 e. The standard InChI is InChI=1S/C22H22N2O3/c1-3-7-18-12-17(14-20(27-2)21(18)25)13-19(15-23)22(26)24-11-10-16-8-5-4-6-9-16/h3-6,8-9,12-14,25H,1,7,10-11H2,2H3,(H,24,26)/b19-13+. The molecule has 1 amide bonds. The van der Waals surface area contributed by atoms with Crippen molar-refractivity contribution < 1.29 is 14.6 Å². The Morgan fingerprint density at radius 3 is 2.70 bits per heavy atom. The Bertz CT molecular complexity index is 880. The molecule has 0 aromatic heterocycles. The third-order valence-corrected chi connectivity index (χ3v) is 3.98. The molecule has 2 rings (SSSR count). The van der Waals surface area contributed by atoms with Gasteiger partial charge in [0.05, 0.1) is 7.11 Å². The summed E-state index contributed by atoms with van der Waals surface area (Å²) >= 11 is 0. The van der Waals surface area contributed by atoms with Gasteiger partial charge in [0.15, 0.2) is 11.5 Å². The lowest BCUT2D eigenvalue weighted by atomic mass is 10.0. The van der Waals surface area contributed by atoms with Crippen molar-refractivity contribution in [3.63, 3.8) is 0 Å². The molecule has 0 saturated heterocycles. The van der Waals surface area contributed by atoms with E-state index in [1.807, 2.05) is 36.4 Å². The van der Waals surface area contributed by atoms with E-state index in [1.54, 1.807) is 18.2 Å². The van der Waals surface area contributed by atoms with Crippen LogP contribution in [0.25, 0.3) is 6.08 Å². The number of methoxy groups -OCH3 is 1. The summed E-state index contributed by atoms with van der Waals surface area (Å²) < 4.78 is 5.17. The molecule has 0 saturated carbocycles. The van der Waals surface area contributed by atoms with Crippen LogP contribution in [0.15, 0.2) is 60.7 Å². The van der Waals surface area contributed by atoms with Crippen LogP contribution >= 0.6 is 0 Å². The fourth-order valence-electron chi connectivity index (χ4n) is 2.61. The van der Waals surface area contributed by atoms with Crippen molar-refractivity contribution in [1.82, 2.24) is 5.32 Å². The van der Waals surface area contributed by atoms with E-state index in [0.717, 1.165) is 5.56 Å². The van der Waals surface area contributed by atoms with Crippen LogP contribution in [0.5, 0.6) is 11.5 Å². The number of amides is 1. The highest BCUT2D eigenvalue weighted by atomic mass is 16.5. The van der Waals surface area contributed by atoms with E-state index in [-0.39, 0.29) is 17.1 Å². The molecule has 5 nitrogen and oxygen atoms in total. The van der Waals surface area contributed by atoms with Gasteiger partial charge in [0.25, 0.3) is 5.91 Å². The molecule has 0 bridgehead atoms. The van der Waals surface area contributed by atoms with E-state index in [9.17, 15) is 15.2 Å². The molecule has 2 aromatic rings. The number of carbonyl (C=O) groups excluding carboxylic acids is 1. The maximum Gasteiger partial charge on any atom is 0.261 e. The lowest BCUT2D eigenvalue weighted by Crippen LogP contribution is -2.26. The van der Waals surface area contributed by atoms with Crippen LogP contribution in [-0.2, 0) is 17.6 Å². The molecule has 0 spiro atoms. The van der Waals surface area contributed by atoms with Gasteiger partial charge in [0, 0.05) is 12.1 Å². The van der Waals surface area contributed by atoms with Gasteiger partial charge in [-0.1, -0.05) is 36.4 Å². The monoisotopic (exact) mass is 362 g/mol. The van der Waals surface area contributed by atoms with Crippen LogP contribution in [0.4, 0.5) is 0 Å². The first-order chi connectivity index (χ1) is 13.1. The second-order valence-corrected chi connectivity index (χ2v) is 5.89. The molecule has 0 aliphatic heterocycles. The van der Waals surface area contributed by atoms with Crippen molar-refractivity contribution in [2.75, 3.05) is 13.7 Å². The normalized spacial score (nSPS) is 10.7. The van der Waals surface area contributed by atoms with Crippen LogP contribution in [0.2, 0.25) is 0 Å². The molecule has 0 aliphatic rings. The van der Waals surface area contributed by atoms with Crippen LogP contribution in [-0.4, -0.2) is 24.7 Å². The maximum atomic E-state index is 12.3. The minimum atomic E-state index is -0.439. The van der Waals surface area contributed by atoms with Crippen molar-refractivity contribution in [2.24, 2.45) is 0 Å². The quantitative estimate of drug-likeness (QED) is 0.428. The van der Waals surface area contributed by atoms with Gasteiger partial charge >= 0.3 is 0 Å². The summed E-state index contributed by atoms with van der Waals surface area (Å²) in [5.41, 5.74) is 2.30. The van der Waals surface area contributed by atoms with E-state index in [1.165, 1.54) is 13.2 Å². The number of hydrogen-bond acceptors (Lipinski definition) is 4. The Morgan fingerprint density at radius 2 is 2.07 bits per heavy atom. The molecule has 27 heavy (non-hydrogen) atoms. The van der Waals surface area contributed by atoms with Crippen LogP contribution in [0, 0.1) is 11.3 Å². The fourth-order valence-corrected chi connectivity index (χ4v) is 2.61. The van der Waals surface area contributed by atoms with E-state index < -0.39 is 5.91 Å². The number of nitriles is 1. The number of hydrogen-bond donors (Lipinski definition) is 2. The van der Waals surface area contributed by atoms with Crippen molar-refractivity contribution in [2.45, 2.75) is 12.8 Å². The Labute approximate surface area is 159 Å². The number of allylic oxidation sites excluding steroid dienone is 1. The first-order valence-electron chi connectivity index (χ1n) is 8.53. The van der Waals surface area contributed by atoms with Gasteiger partial charge in [-0.3, -0.25) is 4.79 Å². The molecule has 0 atom stereocenters. The van der Waals surface area contributed by atoms with E-state index in [2.05, 4.69) is 11.9 Å². The third kappa shape index (κ3) is 5.48. The fraction of sp³-hybridized carbons (Fsp3) is 0.182. The summed E-state index contributed by atoms with van der Waals surface area (Å²) in [7, 11) is 1.45. The Balaban J connectivity index is 2.14. The van der Waals surface area contributed by atoms with Crippen molar-refractivity contribution in [3.05, 3.63) is 77.4 Å². The summed E-state index contributed by atoms with van der Waals surface area (Å²) in [4.78, 5) is 12.3. The number of ether oxygens (including phenoxy) is 1. The van der Waals surface area contributed by atoms with Gasteiger partial charge in [0.2, 0.25) is 0 Å². The topological polar surface area (TPSA) is 82.4 Å². The summed E-state index contributed by atoms with van der Waals surface area (Å²) in [6, 6.07) is 15.0. The lowest BCUT2D eigenvalue weighted by Gasteiger charge is -2.10. The zero-order chi connectivity index (χ0) is 19.6. The van der Waals surface area contributed by atoms with Gasteiger partial charge in [-0.25, -0.2) is 0 Å². The smallest absolute Gasteiger partial charge is 0.261 e. The zero-order valence-corrected chi connectivity index (χ0v) is 15.2. The molecular formula is C22H22N2O3. The van der Waals surface area contributed by atoms with Gasteiger partial charge < -0.3 is 15.2 Å².